The molecule has 3 aromatic carbocycles. The van der Waals surface area contributed by atoms with Gasteiger partial charge in [-0.1, -0.05) is 59.6 Å². The third-order valence-corrected chi connectivity index (χ3v) is 6.86. The van der Waals surface area contributed by atoms with Gasteiger partial charge in [0, 0.05) is 57.7 Å². The highest BCUT2D eigenvalue weighted by atomic mass is 35.5. The van der Waals surface area contributed by atoms with Crippen molar-refractivity contribution in [3.63, 3.8) is 0 Å². The molecule has 2 heterocycles. The van der Waals surface area contributed by atoms with Crippen molar-refractivity contribution in [1.82, 2.24) is 4.98 Å². The number of fused-ring (bicyclic) bond motifs is 2. The summed E-state index contributed by atoms with van der Waals surface area (Å²) in [7, 11) is 3.43. The first kappa shape index (κ1) is 23.6. The summed E-state index contributed by atoms with van der Waals surface area (Å²) in [6.07, 6.45) is 2.66. The van der Waals surface area contributed by atoms with Gasteiger partial charge in [-0.25, -0.2) is 0 Å². The molecule has 0 aliphatic carbocycles. The lowest BCUT2D eigenvalue weighted by Gasteiger charge is -2.26. The number of halogens is 2. The van der Waals surface area contributed by atoms with E-state index in [4.69, 9.17) is 37.8 Å². The fraction of sp³-hybridized carbons (Fsp3) is 0.214. The predicted molar refractivity (Wildman–Crippen MR) is 141 cm³/mol. The number of anilines is 1. The van der Waals surface area contributed by atoms with E-state index in [2.05, 4.69) is 0 Å². The molecule has 1 aromatic heterocycles. The van der Waals surface area contributed by atoms with Gasteiger partial charge < -0.3 is 4.74 Å². The summed E-state index contributed by atoms with van der Waals surface area (Å²) in [5.41, 5.74) is 5.10. The van der Waals surface area contributed by atoms with Crippen LogP contribution in [0.5, 0.6) is 5.75 Å². The highest BCUT2D eigenvalue weighted by Crippen LogP contribution is 2.39. The molecule has 35 heavy (non-hydrogen) atoms. The van der Waals surface area contributed by atoms with E-state index in [1.807, 2.05) is 61.6 Å². The van der Waals surface area contributed by atoms with Gasteiger partial charge in [-0.2, -0.15) is 0 Å². The zero-order valence-electron chi connectivity index (χ0n) is 19.4. The zero-order valence-corrected chi connectivity index (χ0v) is 20.9. The number of hydrogen-bond donors (Lipinski definition) is 0. The maximum Gasteiger partial charge on any atom is 0.145 e. The molecule has 5 nitrogen and oxygen atoms in total. The van der Waals surface area contributed by atoms with Crippen molar-refractivity contribution in [2.75, 3.05) is 25.8 Å². The molecule has 178 valence electrons. The number of carbonyl (C=O) groups is 1. The molecule has 0 unspecified atom stereocenters. The largest absolute Gasteiger partial charge is 0.493 e. The van der Waals surface area contributed by atoms with Crippen LogP contribution < -0.4 is 9.80 Å². The number of carbonyl (C=O) groups excluding carboxylic acids is 1. The quantitative estimate of drug-likeness (QED) is 0.266. The molecule has 1 atom stereocenters. The van der Waals surface area contributed by atoms with Crippen molar-refractivity contribution in [1.29, 1.82) is 0 Å². The lowest BCUT2D eigenvalue weighted by molar-refractivity contribution is -0.120. The summed E-state index contributed by atoms with van der Waals surface area (Å²) in [6, 6.07) is 19.1. The standard InChI is InChI=1S/C28H24Cl2N2O3/c1-32(34-2)28-18(14-25(33)22-10-11-35-26-9-4-3-6-23(22)26)16-31-27-21(7-5-8-24(27)28)17-12-19(29)15-20(30)13-17/h3-9,12-13,15-16,22H,10-11,14H2,1-2H3/t22-/m1/s1. The molecular formula is C28H24Cl2N2O3. The van der Waals surface area contributed by atoms with Crippen LogP contribution in [-0.4, -0.2) is 31.5 Å². The first-order valence-electron chi connectivity index (χ1n) is 11.4. The summed E-state index contributed by atoms with van der Waals surface area (Å²) in [6.45, 7) is 0.528. The molecule has 0 saturated heterocycles. The van der Waals surface area contributed by atoms with Crippen molar-refractivity contribution in [3.8, 4) is 16.9 Å². The lowest BCUT2D eigenvalue weighted by atomic mass is 9.86. The van der Waals surface area contributed by atoms with Crippen LogP contribution in [0.1, 0.15) is 23.5 Å². The minimum Gasteiger partial charge on any atom is -0.493 e. The molecule has 0 bridgehead atoms. The second-order valence-electron chi connectivity index (χ2n) is 8.54. The fourth-order valence-electron chi connectivity index (χ4n) is 4.77. The number of nitrogens with zero attached hydrogens (tertiary/aromatic N) is 2. The van der Waals surface area contributed by atoms with E-state index in [0.29, 0.717) is 23.1 Å². The maximum absolute atomic E-state index is 13.5. The first-order chi connectivity index (χ1) is 17.0. The molecule has 7 heteroatoms. The Bertz CT molecular complexity index is 1400. The van der Waals surface area contributed by atoms with E-state index in [9.17, 15) is 4.79 Å². The predicted octanol–water partition coefficient (Wildman–Crippen LogP) is 6.88. The molecule has 0 spiro atoms. The smallest absolute Gasteiger partial charge is 0.145 e. The number of hydrogen-bond acceptors (Lipinski definition) is 5. The van der Waals surface area contributed by atoms with Crippen LogP contribution in [0.25, 0.3) is 22.0 Å². The average Bonchev–Trinajstić information content (AvgIpc) is 2.86. The van der Waals surface area contributed by atoms with E-state index in [1.54, 1.807) is 24.4 Å². The number of Topliss-reactive ketones (excluding diaryl/α,β-unsaturated/α-hetero) is 1. The molecule has 0 saturated carbocycles. The second kappa shape index (κ2) is 9.86. The van der Waals surface area contributed by atoms with Crippen molar-refractivity contribution in [2.24, 2.45) is 0 Å². The third kappa shape index (κ3) is 4.59. The molecule has 0 amide bonds. The minimum absolute atomic E-state index is 0.130. The lowest BCUT2D eigenvalue weighted by Crippen LogP contribution is -2.24. The van der Waals surface area contributed by atoms with Crippen LogP contribution in [0.2, 0.25) is 10.0 Å². The van der Waals surface area contributed by atoms with Gasteiger partial charge in [-0.3, -0.25) is 19.7 Å². The van der Waals surface area contributed by atoms with Crippen LogP contribution in [-0.2, 0) is 16.1 Å². The van der Waals surface area contributed by atoms with Gasteiger partial charge in [0.15, 0.2) is 0 Å². The summed E-state index contributed by atoms with van der Waals surface area (Å²) >= 11 is 12.5. The van der Waals surface area contributed by atoms with Crippen LogP contribution >= 0.6 is 23.2 Å². The van der Waals surface area contributed by atoms with Gasteiger partial charge in [-0.05, 0) is 36.2 Å². The fourth-order valence-corrected chi connectivity index (χ4v) is 5.30. The van der Waals surface area contributed by atoms with Crippen LogP contribution in [0.15, 0.2) is 66.9 Å². The van der Waals surface area contributed by atoms with Crippen LogP contribution in [0.4, 0.5) is 5.69 Å². The van der Waals surface area contributed by atoms with Gasteiger partial charge in [0.2, 0.25) is 0 Å². The van der Waals surface area contributed by atoms with E-state index in [0.717, 1.165) is 44.6 Å². The first-order valence-corrected chi connectivity index (χ1v) is 12.1. The highest BCUT2D eigenvalue weighted by molar-refractivity contribution is 6.35. The topological polar surface area (TPSA) is 51.7 Å². The molecule has 4 aromatic rings. The van der Waals surface area contributed by atoms with Gasteiger partial charge in [0.05, 0.1) is 24.9 Å². The minimum atomic E-state index is -0.212. The van der Waals surface area contributed by atoms with Gasteiger partial charge in [-0.15, -0.1) is 0 Å². The Morgan fingerprint density at radius 1 is 1.11 bits per heavy atom. The Labute approximate surface area is 214 Å². The molecule has 0 radical (unpaired) electrons. The number of aromatic nitrogens is 1. The van der Waals surface area contributed by atoms with Crippen molar-refractivity contribution < 1.29 is 14.4 Å². The van der Waals surface area contributed by atoms with Crippen molar-refractivity contribution in [2.45, 2.75) is 18.8 Å². The van der Waals surface area contributed by atoms with Gasteiger partial charge in [0.25, 0.3) is 0 Å². The molecule has 1 aliphatic heterocycles. The molecule has 5 rings (SSSR count). The Morgan fingerprint density at radius 3 is 2.66 bits per heavy atom. The number of pyridine rings is 1. The normalized spacial score (nSPS) is 14.9. The maximum atomic E-state index is 13.5. The number of hydroxylamine groups is 1. The molecular weight excluding hydrogens is 483 g/mol. The Kier molecular flexibility index (Phi) is 6.65. The number of ether oxygens (including phenoxy) is 1. The Morgan fingerprint density at radius 2 is 1.89 bits per heavy atom. The monoisotopic (exact) mass is 506 g/mol. The summed E-state index contributed by atoms with van der Waals surface area (Å²) in [5, 5.41) is 3.66. The Hall–Kier alpha value is -3.12. The SMILES string of the molecule is CON(C)c1c(CC(=O)[C@@H]2CCOc3ccccc32)cnc2c(-c3cc(Cl)cc(Cl)c3)cccc12. The molecule has 1 aliphatic rings. The summed E-state index contributed by atoms with van der Waals surface area (Å²) < 4.78 is 5.75. The highest BCUT2D eigenvalue weighted by Gasteiger charge is 2.28. The number of para-hydroxylation sites is 2. The molecule has 0 N–H and O–H groups in total. The average molecular weight is 507 g/mol. The second-order valence-corrected chi connectivity index (χ2v) is 9.42. The van der Waals surface area contributed by atoms with E-state index >= 15 is 0 Å². The Balaban J connectivity index is 1.59. The number of rotatable bonds is 6. The third-order valence-electron chi connectivity index (χ3n) is 6.42. The van der Waals surface area contributed by atoms with E-state index in [1.165, 1.54) is 0 Å². The zero-order chi connectivity index (χ0) is 24.5. The molecule has 0 fully saturated rings. The van der Waals surface area contributed by atoms with Gasteiger partial charge in [0.1, 0.15) is 11.5 Å². The van der Waals surface area contributed by atoms with Crippen LogP contribution in [0.3, 0.4) is 0 Å². The van der Waals surface area contributed by atoms with Crippen molar-refractivity contribution >= 4 is 45.6 Å². The van der Waals surface area contributed by atoms with E-state index < -0.39 is 0 Å². The summed E-state index contributed by atoms with van der Waals surface area (Å²) in [5.74, 6) is 0.703. The van der Waals surface area contributed by atoms with E-state index in [-0.39, 0.29) is 18.1 Å². The van der Waals surface area contributed by atoms with Crippen molar-refractivity contribution in [3.05, 3.63) is 88.0 Å². The summed E-state index contributed by atoms with van der Waals surface area (Å²) in [4.78, 5) is 23.9. The van der Waals surface area contributed by atoms with Gasteiger partial charge >= 0.3 is 0 Å². The number of benzene rings is 3. The van der Waals surface area contributed by atoms with Crippen LogP contribution in [0, 0.1) is 0 Å². The number of ketones is 1.